The van der Waals surface area contributed by atoms with E-state index in [1.807, 2.05) is 6.08 Å². The molecule has 0 spiro atoms. The predicted molar refractivity (Wildman–Crippen MR) is 66.4 cm³/mol. The molecule has 82 valence electrons. The Labute approximate surface area is 93.8 Å². The van der Waals surface area contributed by atoms with Gasteiger partial charge in [0.2, 0.25) is 0 Å². The van der Waals surface area contributed by atoms with Crippen molar-refractivity contribution in [3.8, 4) is 6.07 Å². The summed E-state index contributed by atoms with van der Waals surface area (Å²) in [6.45, 7) is 2.14. The molecule has 0 atom stereocenters. The first-order chi connectivity index (χ1) is 7.41. The number of rotatable bonds is 8. The van der Waals surface area contributed by atoms with Crippen molar-refractivity contribution in [1.29, 1.82) is 5.26 Å². The van der Waals surface area contributed by atoms with Gasteiger partial charge in [-0.05, 0) is 32.1 Å². The van der Waals surface area contributed by atoms with E-state index in [9.17, 15) is 0 Å². The molecule has 1 heteroatoms. The van der Waals surface area contributed by atoms with Gasteiger partial charge in [-0.15, -0.1) is 0 Å². The summed E-state index contributed by atoms with van der Waals surface area (Å²) in [7, 11) is 0. The molecule has 0 unspecified atom stereocenters. The van der Waals surface area contributed by atoms with Gasteiger partial charge in [0, 0.05) is 0 Å². The van der Waals surface area contributed by atoms with E-state index in [1.165, 1.54) is 12.8 Å². The van der Waals surface area contributed by atoms with Gasteiger partial charge >= 0.3 is 0 Å². The highest BCUT2D eigenvalue weighted by molar-refractivity contribution is 5.01. The Bertz CT molecular complexity index is 241. The monoisotopic (exact) mass is 203 g/mol. The summed E-state index contributed by atoms with van der Waals surface area (Å²) in [6.07, 6.45) is 19.0. The van der Waals surface area contributed by atoms with E-state index in [4.69, 9.17) is 5.26 Å². The second-order valence-corrected chi connectivity index (χ2v) is 3.38. The van der Waals surface area contributed by atoms with Gasteiger partial charge in [0.05, 0.1) is 12.5 Å². The Morgan fingerprint density at radius 3 is 2.27 bits per heavy atom. The van der Waals surface area contributed by atoms with E-state index in [2.05, 4.69) is 43.4 Å². The lowest BCUT2D eigenvalue weighted by atomic mass is 10.1. The number of allylic oxidation sites excluding steroid dienone is 6. The molecule has 0 saturated heterocycles. The normalized spacial score (nSPS) is 11.7. The van der Waals surface area contributed by atoms with Crippen LogP contribution < -0.4 is 0 Å². The first-order valence-electron chi connectivity index (χ1n) is 5.75. The van der Waals surface area contributed by atoms with Crippen molar-refractivity contribution in [3.63, 3.8) is 0 Å². The summed E-state index contributed by atoms with van der Waals surface area (Å²) in [4.78, 5) is 0. The van der Waals surface area contributed by atoms with Crippen LogP contribution in [0, 0.1) is 11.3 Å². The van der Waals surface area contributed by atoms with Gasteiger partial charge in [0.1, 0.15) is 0 Å². The Balaban J connectivity index is 3.22. The first-order valence-corrected chi connectivity index (χ1v) is 5.75. The summed E-state index contributed by atoms with van der Waals surface area (Å²) < 4.78 is 0. The predicted octanol–water partition coefficient (Wildman–Crippen LogP) is 4.54. The molecular formula is C14H21N. The molecule has 0 aromatic carbocycles. The molecule has 0 radical (unpaired) electrons. The maximum Gasteiger partial charge on any atom is 0.0663 e. The van der Waals surface area contributed by atoms with Crippen molar-refractivity contribution < 1.29 is 0 Å². The van der Waals surface area contributed by atoms with E-state index >= 15 is 0 Å². The molecule has 0 bridgehead atoms. The third-order valence-electron chi connectivity index (χ3n) is 1.99. The van der Waals surface area contributed by atoms with Crippen LogP contribution in [0.3, 0.4) is 0 Å². The summed E-state index contributed by atoms with van der Waals surface area (Å²) in [5, 5.41) is 8.29. The fourth-order valence-electron chi connectivity index (χ4n) is 1.17. The third-order valence-corrected chi connectivity index (χ3v) is 1.99. The molecule has 0 aromatic heterocycles. The van der Waals surface area contributed by atoms with Crippen LogP contribution in [0.1, 0.15) is 45.4 Å². The van der Waals surface area contributed by atoms with Crippen molar-refractivity contribution in [2.45, 2.75) is 45.4 Å². The quantitative estimate of drug-likeness (QED) is 0.323. The van der Waals surface area contributed by atoms with Crippen LogP contribution in [-0.2, 0) is 0 Å². The van der Waals surface area contributed by atoms with Crippen molar-refractivity contribution >= 4 is 0 Å². The van der Waals surface area contributed by atoms with Crippen LogP contribution in [-0.4, -0.2) is 0 Å². The number of hydrogen-bond donors (Lipinski definition) is 0. The Hall–Kier alpha value is -1.29. The summed E-state index contributed by atoms with van der Waals surface area (Å²) in [5.74, 6) is 0. The molecule has 0 amide bonds. The van der Waals surface area contributed by atoms with Gasteiger partial charge < -0.3 is 0 Å². The molecule has 0 aromatic rings. The van der Waals surface area contributed by atoms with Gasteiger partial charge in [-0.25, -0.2) is 0 Å². The Morgan fingerprint density at radius 2 is 1.60 bits per heavy atom. The third kappa shape index (κ3) is 12.7. The lowest BCUT2D eigenvalue weighted by molar-refractivity contribution is 0.761. The second kappa shape index (κ2) is 12.7. The first kappa shape index (κ1) is 13.7. The van der Waals surface area contributed by atoms with Gasteiger partial charge in [0.25, 0.3) is 0 Å². The molecule has 0 saturated carbocycles. The zero-order valence-electron chi connectivity index (χ0n) is 9.65. The molecule has 1 nitrogen and oxygen atoms in total. The van der Waals surface area contributed by atoms with Crippen LogP contribution in [0.2, 0.25) is 0 Å². The molecule has 0 heterocycles. The van der Waals surface area contributed by atoms with Crippen molar-refractivity contribution in [3.05, 3.63) is 36.5 Å². The molecule has 0 aliphatic carbocycles. The minimum atomic E-state index is 0.543. The van der Waals surface area contributed by atoms with Crippen LogP contribution in [0.5, 0.6) is 0 Å². The lowest BCUT2D eigenvalue weighted by Gasteiger charge is -1.91. The summed E-state index contributed by atoms with van der Waals surface area (Å²) in [5.41, 5.74) is 0. The zero-order chi connectivity index (χ0) is 11.2. The standard InChI is InChI=1S/C14H21N/c1-2-3-4-5-6-7-8-9-10-11-12-13-14-15/h3-6,11-12H,2,7-10,13H2,1H3/b4-3+,6-5+,12-11+. The SMILES string of the molecule is CC/C=C/C=C/CCCC/C=C/CC#N. The van der Waals surface area contributed by atoms with Crippen LogP contribution >= 0.6 is 0 Å². The molecule has 0 aliphatic rings. The Kier molecular flexibility index (Phi) is 11.6. The van der Waals surface area contributed by atoms with Crippen molar-refractivity contribution in [2.24, 2.45) is 0 Å². The van der Waals surface area contributed by atoms with Gasteiger partial charge in [0.15, 0.2) is 0 Å². The minimum Gasteiger partial charge on any atom is -0.198 e. The van der Waals surface area contributed by atoms with Crippen LogP contribution in [0.25, 0.3) is 0 Å². The van der Waals surface area contributed by atoms with E-state index in [-0.39, 0.29) is 0 Å². The van der Waals surface area contributed by atoms with E-state index < -0.39 is 0 Å². The van der Waals surface area contributed by atoms with Gasteiger partial charge in [-0.1, -0.05) is 43.4 Å². The number of hydrogen-bond acceptors (Lipinski definition) is 1. The number of nitrogens with zero attached hydrogens (tertiary/aromatic N) is 1. The lowest BCUT2D eigenvalue weighted by Crippen LogP contribution is -1.72. The number of nitriles is 1. The molecule has 15 heavy (non-hydrogen) atoms. The van der Waals surface area contributed by atoms with E-state index in [0.717, 1.165) is 19.3 Å². The van der Waals surface area contributed by atoms with Crippen molar-refractivity contribution in [1.82, 2.24) is 0 Å². The summed E-state index contributed by atoms with van der Waals surface area (Å²) >= 11 is 0. The second-order valence-electron chi connectivity index (χ2n) is 3.38. The highest BCUT2D eigenvalue weighted by Gasteiger charge is 1.82. The largest absolute Gasteiger partial charge is 0.198 e. The molecule has 0 fully saturated rings. The average molecular weight is 203 g/mol. The topological polar surface area (TPSA) is 23.8 Å². The van der Waals surface area contributed by atoms with Gasteiger partial charge in [-0.3, -0.25) is 0 Å². The average Bonchev–Trinajstić information content (AvgIpc) is 2.26. The van der Waals surface area contributed by atoms with Crippen LogP contribution in [0.15, 0.2) is 36.5 Å². The number of unbranched alkanes of at least 4 members (excludes halogenated alkanes) is 3. The van der Waals surface area contributed by atoms with E-state index in [1.54, 1.807) is 0 Å². The fraction of sp³-hybridized carbons (Fsp3) is 0.500. The summed E-state index contributed by atoms with van der Waals surface area (Å²) in [6, 6.07) is 2.09. The van der Waals surface area contributed by atoms with Crippen LogP contribution in [0.4, 0.5) is 0 Å². The van der Waals surface area contributed by atoms with E-state index in [0.29, 0.717) is 6.42 Å². The molecule has 0 N–H and O–H groups in total. The highest BCUT2D eigenvalue weighted by Crippen LogP contribution is 2.02. The fourth-order valence-corrected chi connectivity index (χ4v) is 1.17. The zero-order valence-corrected chi connectivity index (χ0v) is 9.65. The molecular weight excluding hydrogens is 182 g/mol. The maximum atomic E-state index is 8.29. The molecule has 0 rings (SSSR count). The Morgan fingerprint density at radius 1 is 0.933 bits per heavy atom. The smallest absolute Gasteiger partial charge is 0.0663 e. The van der Waals surface area contributed by atoms with Crippen molar-refractivity contribution in [2.75, 3.05) is 0 Å². The minimum absolute atomic E-state index is 0.543. The maximum absolute atomic E-state index is 8.29. The highest BCUT2D eigenvalue weighted by atomic mass is 14.2. The molecule has 0 aliphatic heterocycles. The van der Waals surface area contributed by atoms with Gasteiger partial charge in [-0.2, -0.15) is 5.26 Å².